The van der Waals surface area contributed by atoms with E-state index in [0.717, 1.165) is 25.2 Å². The number of hydrogen-bond donors (Lipinski definition) is 2. The molecule has 1 aromatic rings. The molecule has 1 amide bonds. The van der Waals surface area contributed by atoms with Gasteiger partial charge >= 0.3 is 6.18 Å². The molecule has 0 bridgehead atoms. The largest absolute Gasteiger partial charge is 0.435 e. The molecule has 1 aliphatic rings. The Morgan fingerprint density at radius 3 is 2.55 bits per heavy atom. The lowest BCUT2D eigenvalue weighted by Crippen LogP contribution is -2.43. The number of alkyl halides is 3. The third-order valence-electron chi connectivity index (χ3n) is 3.25. The van der Waals surface area contributed by atoms with E-state index in [-0.39, 0.29) is 12.5 Å². The molecule has 0 aromatic carbocycles. The number of nitrogens with zero attached hydrogens (tertiary/aromatic N) is 2. The van der Waals surface area contributed by atoms with Crippen LogP contribution in [-0.2, 0) is 6.18 Å². The van der Waals surface area contributed by atoms with Crippen molar-refractivity contribution in [2.75, 3.05) is 6.54 Å². The Bertz CT molecular complexity index is 513. The Kier molecular flexibility index (Phi) is 3.68. The molecule has 20 heavy (non-hydrogen) atoms. The Balaban J connectivity index is 2.10. The fourth-order valence-corrected chi connectivity index (χ4v) is 1.90. The van der Waals surface area contributed by atoms with Gasteiger partial charge < -0.3 is 10.4 Å². The van der Waals surface area contributed by atoms with Gasteiger partial charge in [-0.2, -0.15) is 13.2 Å². The van der Waals surface area contributed by atoms with Crippen molar-refractivity contribution < 1.29 is 23.1 Å². The van der Waals surface area contributed by atoms with E-state index in [1.165, 1.54) is 0 Å². The van der Waals surface area contributed by atoms with Crippen molar-refractivity contribution >= 4 is 5.91 Å². The smallest absolute Gasteiger partial charge is 0.388 e. The van der Waals surface area contributed by atoms with Gasteiger partial charge in [0.2, 0.25) is 0 Å². The minimum Gasteiger partial charge on any atom is -0.388 e. The summed E-state index contributed by atoms with van der Waals surface area (Å²) in [5, 5.41) is 12.3. The minimum absolute atomic E-state index is 0.0757. The minimum atomic E-state index is -4.75. The van der Waals surface area contributed by atoms with Gasteiger partial charge in [0.15, 0.2) is 11.4 Å². The quantitative estimate of drug-likeness (QED) is 0.878. The van der Waals surface area contributed by atoms with Crippen LogP contribution in [0.15, 0.2) is 12.4 Å². The van der Waals surface area contributed by atoms with E-state index in [4.69, 9.17) is 0 Å². The number of hydrogen-bond acceptors (Lipinski definition) is 4. The van der Waals surface area contributed by atoms with Gasteiger partial charge in [-0.25, -0.2) is 9.97 Å². The van der Waals surface area contributed by atoms with Crippen molar-refractivity contribution in [2.45, 2.75) is 31.5 Å². The number of aromatic nitrogens is 2. The normalized spacial score (nSPS) is 18.4. The first kappa shape index (κ1) is 14.7. The van der Waals surface area contributed by atoms with Gasteiger partial charge in [0.05, 0.1) is 5.60 Å². The fraction of sp³-hybridized carbons (Fsp3) is 0.583. The highest BCUT2D eigenvalue weighted by molar-refractivity contribution is 5.93. The van der Waals surface area contributed by atoms with Crippen LogP contribution in [-0.4, -0.2) is 33.1 Å². The van der Waals surface area contributed by atoms with E-state index in [0.29, 0.717) is 0 Å². The third-order valence-corrected chi connectivity index (χ3v) is 3.25. The Morgan fingerprint density at radius 1 is 1.40 bits per heavy atom. The summed E-state index contributed by atoms with van der Waals surface area (Å²) in [7, 11) is 0. The number of rotatable bonds is 4. The number of nitrogens with one attached hydrogen (secondary N) is 1. The van der Waals surface area contributed by atoms with Crippen LogP contribution < -0.4 is 5.32 Å². The second-order valence-electron chi connectivity index (χ2n) is 5.07. The van der Waals surface area contributed by atoms with Gasteiger partial charge in [-0.15, -0.1) is 0 Å². The van der Waals surface area contributed by atoms with Gasteiger partial charge in [0.25, 0.3) is 5.91 Å². The Labute approximate surface area is 113 Å². The number of carbonyl (C=O) groups excluding carboxylic acids is 1. The molecule has 2 rings (SSSR count). The van der Waals surface area contributed by atoms with Crippen molar-refractivity contribution in [1.82, 2.24) is 15.3 Å². The van der Waals surface area contributed by atoms with Gasteiger partial charge in [0.1, 0.15) is 0 Å². The zero-order chi connectivity index (χ0) is 15.0. The van der Waals surface area contributed by atoms with Gasteiger partial charge in [-0.05, 0) is 25.7 Å². The van der Waals surface area contributed by atoms with Gasteiger partial charge in [0, 0.05) is 18.9 Å². The molecule has 2 N–H and O–H groups in total. The SMILES string of the molecule is CC(O)(CNC(=O)c1nccnc1C(F)(F)F)C1CC1. The molecule has 1 atom stereocenters. The Hall–Kier alpha value is -1.70. The average Bonchev–Trinajstić information content (AvgIpc) is 3.19. The van der Waals surface area contributed by atoms with E-state index in [1.807, 2.05) is 0 Å². The third kappa shape index (κ3) is 3.24. The molecule has 1 saturated carbocycles. The average molecular weight is 289 g/mol. The van der Waals surface area contributed by atoms with Crippen LogP contribution in [0, 0.1) is 5.92 Å². The zero-order valence-corrected chi connectivity index (χ0v) is 10.7. The van der Waals surface area contributed by atoms with Crippen LogP contribution in [0.2, 0.25) is 0 Å². The maximum atomic E-state index is 12.7. The molecule has 1 unspecified atom stereocenters. The predicted octanol–water partition coefficient (Wildman–Crippen LogP) is 1.39. The van der Waals surface area contributed by atoms with E-state index >= 15 is 0 Å². The molecule has 1 aliphatic carbocycles. The summed E-state index contributed by atoms with van der Waals surface area (Å²) in [6.07, 6.45) is -1.16. The van der Waals surface area contributed by atoms with Crippen molar-refractivity contribution in [3.05, 3.63) is 23.8 Å². The Morgan fingerprint density at radius 2 is 2.00 bits per heavy atom. The molecule has 1 aromatic heterocycles. The first-order chi connectivity index (χ1) is 9.22. The summed E-state index contributed by atoms with van der Waals surface area (Å²) in [4.78, 5) is 18.4. The molecule has 5 nitrogen and oxygen atoms in total. The zero-order valence-electron chi connectivity index (χ0n) is 10.7. The topological polar surface area (TPSA) is 75.1 Å². The molecule has 110 valence electrons. The van der Waals surface area contributed by atoms with Crippen molar-refractivity contribution in [3.8, 4) is 0 Å². The van der Waals surface area contributed by atoms with E-state index in [2.05, 4.69) is 15.3 Å². The summed E-state index contributed by atoms with van der Waals surface area (Å²) in [5.41, 5.74) is -3.23. The van der Waals surface area contributed by atoms with Gasteiger partial charge in [-0.1, -0.05) is 0 Å². The monoisotopic (exact) mass is 289 g/mol. The van der Waals surface area contributed by atoms with Crippen LogP contribution in [0.25, 0.3) is 0 Å². The maximum absolute atomic E-state index is 12.7. The number of amides is 1. The van der Waals surface area contributed by atoms with Crippen LogP contribution in [0.3, 0.4) is 0 Å². The number of carbonyl (C=O) groups is 1. The van der Waals surface area contributed by atoms with E-state index in [1.54, 1.807) is 6.92 Å². The number of aliphatic hydroxyl groups is 1. The van der Waals surface area contributed by atoms with Crippen LogP contribution in [0.1, 0.15) is 35.9 Å². The van der Waals surface area contributed by atoms with Gasteiger partial charge in [-0.3, -0.25) is 4.79 Å². The molecule has 0 spiro atoms. The lowest BCUT2D eigenvalue weighted by atomic mass is 10.0. The summed E-state index contributed by atoms with van der Waals surface area (Å²) in [5.74, 6) is -0.918. The standard InChI is InChI=1S/C12H14F3N3O2/c1-11(20,7-2-3-7)6-18-10(19)8-9(12(13,14)15)17-5-4-16-8/h4-5,7,20H,2-3,6H2,1H3,(H,18,19). The van der Waals surface area contributed by atoms with E-state index in [9.17, 15) is 23.1 Å². The van der Waals surface area contributed by atoms with Crippen molar-refractivity contribution in [1.29, 1.82) is 0 Å². The summed E-state index contributed by atoms with van der Waals surface area (Å²) in [6.45, 7) is 1.43. The first-order valence-electron chi connectivity index (χ1n) is 6.10. The van der Waals surface area contributed by atoms with Crippen LogP contribution >= 0.6 is 0 Å². The molecule has 1 heterocycles. The second kappa shape index (κ2) is 5.01. The lowest BCUT2D eigenvalue weighted by molar-refractivity contribution is -0.141. The lowest BCUT2D eigenvalue weighted by Gasteiger charge is -2.23. The highest BCUT2D eigenvalue weighted by Gasteiger charge is 2.41. The molecule has 0 radical (unpaired) electrons. The molecule has 1 fully saturated rings. The molecular weight excluding hydrogens is 275 g/mol. The molecule has 0 aliphatic heterocycles. The van der Waals surface area contributed by atoms with E-state index < -0.39 is 29.1 Å². The molecule has 0 saturated heterocycles. The van der Waals surface area contributed by atoms with Crippen LogP contribution in [0.5, 0.6) is 0 Å². The number of halogens is 3. The van der Waals surface area contributed by atoms with Crippen molar-refractivity contribution in [3.63, 3.8) is 0 Å². The highest BCUT2D eigenvalue weighted by Crippen LogP contribution is 2.39. The summed E-state index contributed by atoms with van der Waals surface area (Å²) < 4.78 is 38.1. The van der Waals surface area contributed by atoms with Crippen LogP contribution in [0.4, 0.5) is 13.2 Å². The summed E-state index contributed by atoms with van der Waals surface area (Å²) in [6, 6.07) is 0. The molecular formula is C12H14F3N3O2. The fourth-order valence-electron chi connectivity index (χ4n) is 1.90. The molecule has 8 heteroatoms. The first-order valence-corrected chi connectivity index (χ1v) is 6.10. The van der Waals surface area contributed by atoms with Crippen molar-refractivity contribution in [2.24, 2.45) is 5.92 Å². The highest BCUT2D eigenvalue weighted by atomic mass is 19.4. The predicted molar refractivity (Wildman–Crippen MR) is 62.7 cm³/mol. The maximum Gasteiger partial charge on any atom is 0.435 e. The summed E-state index contributed by atoms with van der Waals surface area (Å²) >= 11 is 0. The second-order valence-corrected chi connectivity index (χ2v) is 5.07.